The molecule has 0 radical (unpaired) electrons. The van der Waals surface area contributed by atoms with Gasteiger partial charge in [-0.05, 0) is 29.7 Å². The van der Waals surface area contributed by atoms with Gasteiger partial charge in [-0.15, -0.1) is 0 Å². The summed E-state index contributed by atoms with van der Waals surface area (Å²) in [5, 5.41) is 12.6. The molecule has 1 aliphatic heterocycles. The number of benzene rings is 2. The number of carbonyl (C=O) groups is 2. The van der Waals surface area contributed by atoms with Crippen LogP contribution in [0, 0.1) is 11.8 Å². The fraction of sp³-hybridized carbons (Fsp3) is 0.273. The van der Waals surface area contributed by atoms with Crippen LogP contribution in [-0.2, 0) is 14.3 Å². The van der Waals surface area contributed by atoms with E-state index >= 15 is 0 Å². The highest BCUT2D eigenvalue weighted by Crippen LogP contribution is 2.49. The van der Waals surface area contributed by atoms with E-state index in [0.29, 0.717) is 11.5 Å². The van der Waals surface area contributed by atoms with Crippen LogP contribution in [0.25, 0.3) is 10.8 Å². The molecule has 4 atom stereocenters. The van der Waals surface area contributed by atoms with Gasteiger partial charge in [-0.25, -0.2) is 0 Å². The normalized spacial score (nSPS) is 29.1. The molecule has 28 heavy (non-hydrogen) atoms. The highest BCUT2D eigenvalue weighted by Gasteiger charge is 2.58. The maximum Gasteiger partial charge on any atom is 0.303 e. The molecule has 0 amide bonds. The number of aliphatic hydroxyl groups is 1. The van der Waals surface area contributed by atoms with Crippen LogP contribution in [0.3, 0.4) is 0 Å². The van der Waals surface area contributed by atoms with Crippen LogP contribution in [0.15, 0.2) is 60.7 Å². The molecular formula is C22H18O6. The van der Waals surface area contributed by atoms with Crippen LogP contribution < -0.4 is 9.47 Å². The smallest absolute Gasteiger partial charge is 0.303 e. The molecule has 142 valence electrons. The molecule has 2 aromatic carbocycles. The third kappa shape index (κ3) is 2.38. The van der Waals surface area contributed by atoms with Crippen molar-refractivity contribution >= 4 is 22.5 Å². The minimum Gasteiger partial charge on any atom is -0.458 e. The lowest BCUT2D eigenvalue weighted by Gasteiger charge is -2.49. The first-order chi connectivity index (χ1) is 13.5. The zero-order valence-electron chi connectivity index (χ0n) is 15.1. The van der Waals surface area contributed by atoms with E-state index in [4.69, 9.17) is 14.2 Å². The van der Waals surface area contributed by atoms with Crippen molar-refractivity contribution in [2.45, 2.75) is 24.9 Å². The fourth-order valence-corrected chi connectivity index (χ4v) is 4.44. The molecule has 6 heteroatoms. The Morgan fingerprint density at radius 2 is 1.79 bits per heavy atom. The van der Waals surface area contributed by atoms with Gasteiger partial charge in [0.05, 0.1) is 23.3 Å². The van der Waals surface area contributed by atoms with Crippen molar-refractivity contribution < 1.29 is 28.9 Å². The Hall–Kier alpha value is -3.12. The summed E-state index contributed by atoms with van der Waals surface area (Å²) in [5.41, 5.74) is 0. The number of hydrogen-bond donors (Lipinski definition) is 1. The number of rotatable bonds is 1. The molecule has 1 heterocycles. The van der Waals surface area contributed by atoms with Crippen molar-refractivity contribution in [3.8, 4) is 11.5 Å². The van der Waals surface area contributed by atoms with Crippen molar-refractivity contribution in [1.29, 1.82) is 0 Å². The number of esters is 1. The van der Waals surface area contributed by atoms with E-state index < -0.39 is 35.8 Å². The van der Waals surface area contributed by atoms with E-state index in [1.54, 1.807) is 12.2 Å². The fourth-order valence-electron chi connectivity index (χ4n) is 4.44. The molecule has 6 nitrogen and oxygen atoms in total. The summed E-state index contributed by atoms with van der Waals surface area (Å²) in [4.78, 5) is 24.2. The molecule has 1 N–H and O–H groups in total. The Labute approximate surface area is 161 Å². The monoisotopic (exact) mass is 378 g/mol. The molecule has 0 unspecified atom stereocenters. The van der Waals surface area contributed by atoms with E-state index in [-0.39, 0.29) is 5.78 Å². The van der Waals surface area contributed by atoms with Crippen LogP contribution in [-0.4, -0.2) is 34.9 Å². The number of fused-ring (bicyclic) bond motifs is 2. The molecule has 3 aliphatic rings. The van der Waals surface area contributed by atoms with Crippen LogP contribution in [0.5, 0.6) is 11.5 Å². The van der Waals surface area contributed by atoms with Crippen molar-refractivity contribution in [2.24, 2.45) is 11.8 Å². The zero-order valence-corrected chi connectivity index (χ0v) is 15.1. The van der Waals surface area contributed by atoms with Gasteiger partial charge in [0.1, 0.15) is 17.6 Å². The zero-order chi connectivity index (χ0) is 19.5. The van der Waals surface area contributed by atoms with Gasteiger partial charge in [0, 0.05) is 13.0 Å². The molecule has 0 fully saturated rings. The Balaban J connectivity index is 1.64. The number of aliphatic hydroxyl groups excluding tert-OH is 1. The molecule has 0 bridgehead atoms. The van der Waals surface area contributed by atoms with Gasteiger partial charge in [0.2, 0.25) is 0 Å². The van der Waals surface area contributed by atoms with Gasteiger partial charge < -0.3 is 19.3 Å². The van der Waals surface area contributed by atoms with Crippen LogP contribution >= 0.6 is 0 Å². The number of hydrogen-bond acceptors (Lipinski definition) is 6. The molecule has 0 aromatic heterocycles. The SMILES string of the molecule is CC(=O)O[C@H]1C=C[C@@H](O)[C@@H]2[C@@H]1C(=O)C=CC21Oc2cccc3cccc(c23)O1. The predicted molar refractivity (Wildman–Crippen MR) is 99.8 cm³/mol. The average Bonchev–Trinajstić information content (AvgIpc) is 2.66. The van der Waals surface area contributed by atoms with Crippen LogP contribution in [0.4, 0.5) is 0 Å². The van der Waals surface area contributed by atoms with E-state index in [2.05, 4.69) is 0 Å². The second-order valence-corrected chi connectivity index (χ2v) is 7.27. The molecular weight excluding hydrogens is 360 g/mol. The number of carbonyl (C=O) groups excluding carboxylic acids is 2. The van der Waals surface area contributed by atoms with Crippen LogP contribution in [0.1, 0.15) is 6.92 Å². The lowest BCUT2D eigenvalue weighted by Crippen LogP contribution is -2.62. The third-order valence-electron chi connectivity index (χ3n) is 5.55. The van der Waals surface area contributed by atoms with Gasteiger partial charge in [0.25, 0.3) is 5.79 Å². The first-order valence-electron chi connectivity index (χ1n) is 9.15. The summed E-state index contributed by atoms with van der Waals surface area (Å²) < 4.78 is 17.9. The Morgan fingerprint density at radius 3 is 2.43 bits per heavy atom. The summed E-state index contributed by atoms with van der Waals surface area (Å²) in [5.74, 6) is -2.48. The highest BCUT2D eigenvalue weighted by atomic mass is 16.7. The molecule has 5 rings (SSSR count). The highest BCUT2D eigenvalue weighted by molar-refractivity contribution is 5.96. The van der Waals surface area contributed by atoms with E-state index in [9.17, 15) is 14.7 Å². The average molecular weight is 378 g/mol. The Kier molecular flexibility index (Phi) is 3.61. The quantitative estimate of drug-likeness (QED) is 0.607. The van der Waals surface area contributed by atoms with Gasteiger partial charge in [-0.3, -0.25) is 9.59 Å². The third-order valence-corrected chi connectivity index (χ3v) is 5.55. The van der Waals surface area contributed by atoms with Gasteiger partial charge in [0.15, 0.2) is 5.78 Å². The molecule has 2 aliphatic carbocycles. The Bertz CT molecular complexity index is 1010. The number of allylic oxidation sites excluding steroid dienone is 1. The molecule has 1 spiro atoms. The molecule has 0 saturated heterocycles. The predicted octanol–water partition coefficient (Wildman–Crippen LogP) is 2.54. The Morgan fingerprint density at radius 1 is 1.11 bits per heavy atom. The summed E-state index contributed by atoms with van der Waals surface area (Å²) in [6.45, 7) is 1.29. The van der Waals surface area contributed by atoms with E-state index in [1.165, 1.54) is 19.1 Å². The van der Waals surface area contributed by atoms with Crippen molar-refractivity contribution in [1.82, 2.24) is 0 Å². The second-order valence-electron chi connectivity index (χ2n) is 7.27. The first kappa shape index (κ1) is 17.0. The van der Waals surface area contributed by atoms with Crippen LogP contribution in [0.2, 0.25) is 0 Å². The summed E-state index contributed by atoms with van der Waals surface area (Å²) in [6.07, 6.45) is 4.22. The van der Waals surface area contributed by atoms with E-state index in [0.717, 1.165) is 10.8 Å². The molecule has 2 aromatic rings. The van der Waals surface area contributed by atoms with Gasteiger partial charge in [-0.2, -0.15) is 0 Å². The maximum atomic E-state index is 12.7. The van der Waals surface area contributed by atoms with Gasteiger partial charge >= 0.3 is 5.97 Å². The molecule has 0 saturated carbocycles. The number of ether oxygens (including phenoxy) is 3. The van der Waals surface area contributed by atoms with Crippen molar-refractivity contribution in [2.75, 3.05) is 0 Å². The maximum absolute atomic E-state index is 12.7. The van der Waals surface area contributed by atoms with E-state index in [1.807, 2.05) is 36.4 Å². The lowest BCUT2D eigenvalue weighted by molar-refractivity contribution is -0.187. The lowest BCUT2D eigenvalue weighted by atomic mass is 9.69. The van der Waals surface area contributed by atoms with Crippen molar-refractivity contribution in [3.05, 3.63) is 60.7 Å². The summed E-state index contributed by atoms with van der Waals surface area (Å²) in [6, 6.07) is 11.4. The minimum atomic E-state index is -1.39. The first-order valence-corrected chi connectivity index (χ1v) is 9.15. The summed E-state index contributed by atoms with van der Waals surface area (Å²) >= 11 is 0. The van der Waals surface area contributed by atoms with Crippen molar-refractivity contribution in [3.63, 3.8) is 0 Å². The minimum absolute atomic E-state index is 0.241. The second kappa shape index (κ2) is 5.94. The number of ketones is 1. The standard InChI is InChI=1S/C22H18O6/c1-12(23)26-16-9-8-15(25)21-20(16)14(24)10-11-22(21)27-17-6-2-4-13-5-3-7-18(28-22)19(13)17/h2-11,15-16,20-21,25H,1H3/t15-,16+,20-,21-/m1/s1. The summed E-state index contributed by atoms with van der Waals surface area (Å²) in [7, 11) is 0. The largest absolute Gasteiger partial charge is 0.458 e. The topological polar surface area (TPSA) is 82.1 Å². The van der Waals surface area contributed by atoms with Gasteiger partial charge in [-0.1, -0.05) is 30.3 Å².